The second-order valence-electron chi connectivity index (χ2n) is 6.78. The van der Waals surface area contributed by atoms with Crippen LogP contribution in [0.4, 0.5) is 0 Å². The Bertz CT molecular complexity index is 802. The predicted molar refractivity (Wildman–Crippen MR) is 99.0 cm³/mol. The Kier molecular flexibility index (Phi) is 5.85. The molecule has 0 bridgehead atoms. The van der Waals surface area contributed by atoms with Crippen LogP contribution in [0, 0.1) is 13.8 Å². The topological polar surface area (TPSA) is 100 Å². The van der Waals surface area contributed by atoms with Gasteiger partial charge in [-0.3, -0.25) is 14.5 Å². The summed E-state index contributed by atoms with van der Waals surface area (Å²) in [5, 5.41) is 5.87. The lowest BCUT2D eigenvalue weighted by Gasteiger charge is -2.22. The van der Waals surface area contributed by atoms with E-state index in [1.165, 1.54) is 12.4 Å². The van der Waals surface area contributed by atoms with Crippen molar-refractivity contribution in [3.63, 3.8) is 0 Å². The fourth-order valence-corrected chi connectivity index (χ4v) is 3.30. The van der Waals surface area contributed by atoms with Crippen molar-refractivity contribution >= 4 is 11.8 Å². The van der Waals surface area contributed by atoms with Crippen molar-refractivity contribution in [1.82, 2.24) is 25.5 Å². The number of hydrogen-bond acceptors (Lipinski definition) is 6. The number of aromatic nitrogens is 2. The minimum absolute atomic E-state index is 0.0313. The number of nitrogens with one attached hydrogen (secondary N) is 2. The van der Waals surface area contributed by atoms with Crippen molar-refractivity contribution in [2.45, 2.75) is 45.8 Å². The SMILES string of the molecule is CCNC(=O)[C@@H]1C[C@H](NC(=O)c2cnc(C)nc2)CN1Cc1ccc(C)o1. The van der Waals surface area contributed by atoms with Crippen molar-refractivity contribution in [2.75, 3.05) is 13.1 Å². The molecule has 144 valence electrons. The molecule has 0 spiro atoms. The average Bonchev–Trinajstić information content (AvgIpc) is 3.22. The van der Waals surface area contributed by atoms with Gasteiger partial charge in [-0.25, -0.2) is 9.97 Å². The molecule has 2 N–H and O–H groups in total. The molecule has 27 heavy (non-hydrogen) atoms. The molecule has 1 fully saturated rings. The molecule has 2 aromatic heterocycles. The summed E-state index contributed by atoms with van der Waals surface area (Å²) in [5.74, 6) is 1.99. The zero-order valence-corrected chi connectivity index (χ0v) is 15.9. The molecule has 2 amide bonds. The van der Waals surface area contributed by atoms with Crippen LogP contribution >= 0.6 is 0 Å². The average molecular weight is 371 g/mol. The first-order valence-electron chi connectivity index (χ1n) is 9.13. The number of nitrogens with zero attached hydrogens (tertiary/aromatic N) is 3. The van der Waals surface area contributed by atoms with E-state index in [1.54, 1.807) is 6.92 Å². The number of rotatable bonds is 6. The third kappa shape index (κ3) is 4.71. The lowest BCUT2D eigenvalue weighted by Crippen LogP contribution is -2.42. The van der Waals surface area contributed by atoms with Gasteiger partial charge in [0.15, 0.2) is 0 Å². The van der Waals surface area contributed by atoms with Gasteiger partial charge >= 0.3 is 0 Å². The minimum atomic E-state index is -0.310. The summed E-state index contributed by atoms with van der Waals surface area (Å²) in [7, 11) is 0. The normalized spacial score (nSPS) is 19.8. The van der Waals surface area contributed by atoms with Crippen molar-refractivity contribution in [3.8, 4) is 0 Å². The number of furan rings is 1. The lowest BCUT2D eigenvalue weighted by atomic mass is 10.1. The predicted octanol–water partition coefficient (Wildman–Crippen LogP) is 1.20. The van der Waals surface area contributed by atoms with Crippen molar-refractivity contribution in [2.24, 2.45) is 0 Å². The Morgan fingerprint density at radius 3 is 2.63 bits per heavy atom. The molecule has 1 aliphatic heterocycles. The maximum Gasteiger partial charge on any atom is 0.254 e. The molecule has 0 saturated carbocycles. The highest BCUT2D eigenvalue weighted by atomic mass is 16.3. The molecule has 2 aromatic rings. The van der Waals surface area contributed by atoms with Gasteiger partial charge in [0.1, 0.15) is 17.3 Å². The van der Waals surface area contributed by atoms with E-state index in [0.717, 1.165) is 11.5 Å². The van der Waals surface area contributed by atoms with Crippen LogP contribution in [0.25, 0.3) is 0 Å². The van der Waals surface area contributed by atoms with Crippen molar-refractivity contribution in [1.29, 1.82) is 0 Å². The molecule has 8 nitrogen and oxygen atoms in total. The Morgan fingerprint density at radius 2 is 2.00 bits per heavy atom. The first kappa shape index (κ1) is 19.0. The van der Waals surface area contributed by atoms with E-state index >= 15 is 0 Å². The third-order valence-electron chi connectivity index (χ3n) is 4.59. The number of likely N-dealkylation sites (tertiary alicyclic amines) is 1. The molecule has 0 radical (unpaired) electrons. The van der Waals surface area contributed by atoms with Gasteiger partial charge in [0, 0.05) is 31.5 Å². The second kappa shape index (κ2) is 8.30. The van der Waals surface area contributed by atoms with Crippen LogP contribution in [-0.2, 0) is 11.3 Å². The Hall–Kier alpha value is -2.74. The minimum Gasteiger partial charge on any atom is -0.465 e. The van der Waals surface area contributed by atoms with Crippen molar-refractivity contribution in [3.05, 3.63) is 47.4 Å². The van der Waals surface area contributed by atoms with Gasteiger partial charge in [-0.15, -0.1) is 0 Å². The summed E-state index contributed by atoms with van der Waals surface area (Å²) < 4.78 is 5.65. The highest BCUT2D eigenvalue weighted by Crippen LogP contribution is 2.22. The largest absolute Gasteiger partial charge is 0.465 e. The number of aryl methyl sites for hydroxylation is 2. The fourth-order valence-electron chi connectivity index (χ4n) is 3.30. The van der Waals surface area contributed by atoms with E-state index in [1.807, 2.05) is 30.9 Å². The maximum atomic E-state index is 12.5. The maximum absolute atomic E-state index is 12.5. The molecule has 2 atom stereocenters. The molecular formula is C19H25N5O3. The van der Waals surface area contributed by atoms with E-state index in [2.05, 4.69) is 20.6 Å². The third-order valence-corrected chi connectivity index (χ3v) is 4.59. The van der Waals surface area contributed by atoms with E-state index in [4.69, 9.17) is 4.42 Å². The number of amides is 2. The van der Waals surface area contributed by atoms with Crippen LogP contribution in [0.1, 0.15) is 41.0 Å². The molecule has 1 aliphatic rings. The van der Waals surface area contributed by atoms with Gasteiger partial charge in [0.05, 0.1) is 18.2 Å². The van der Waals surface area contributed by atoms with Gasteiger partial charge in [-0.2, -0.15) is 0 Å². The molecule has 0 aromatic carbocycles. The molecule has 0 unspecified atom stereocenters. The fraction of sp³-hybridized carbons (Fsp3) is 0.474. The van der Waals surface area contributed by atoms with Gasteiger partial charge in [0.25, 0.3) is 5.91 Å². The number of carbonyl (C=O) groups excluding carboxylic acids is 2. The van der Waals surface area contributed by atoms with Gasteiger partial charge in [-0.1, -0.05) is 0 Å². The zero-order valence-electron chi connectivity index (χ0n) is 15.9. The first-order valence-corrected chi connectivity index (χ1v) is 9.13. The quantitative estimate of drug-likeness (QED) is 0.791. The smallest absolute Gasteiger partial charge is 0.254 e. The van der Waals surface area contributed by atoms with Crippen LogP contribution in [-0.4, -0.2) is 51.9 Å². The summed E-state index contributed by atoms with van der Waals surface area (Å²) in [6.45, 7) is 7.21. The van der Waals surface area contributed by atoms with Gasteiger partial charge in [0.2, 0.25) is 5.91 Å². The second-order valence-corrected chi connectivity index (χ2v) is 6.78. The van der Waals surface area contributed by atoms with Gasteiger partial charge < -0.3 is 15.1 Å². The molecule has 8 heteroatoms. The monoisotopic (exact) mass is 371 g/mol. The van der Waals surface area contributed by atoms with E-state index in [9.17, 15) is 9.59 Å². The zero-order chi connectivity index (χ0) is 19.4. The Labute approximate surface area is 158 Å². The van der Waals surface area contributed by atoms with E-state index < -0.39 is 0 Å². The lowest BCUT2D eigenvalue weighted by molar-refractivity contribution is -0.125. The van der Waals surface area contributed by atoms with Crippen LogP contribution in [0.15, 0.2) is 28.9 Å². The number of hydrogen-bond donors (Lipinski definition) is 2. The van der Waals surface area contributed by atoms with Crippen LogP contribution in [0.2, 0.25) is 0 Å². The highest BCUT2D eigenvalue weighted by Gasteiger charge is 2.37. The molecule has 1 saturated heterocycles. The summed E-state index contributed by atoms with van der Waals surface area (Å²) in [6, 6.07) is 3.38. The summed E-state index contributed by atoms with van der Waals surface area (Å²) in [6.07, 6.45) is 3.57. The van der Waals surface area contributed by atoms with E-state index in [0.29, 0.717) is 37.4 Å². The standard InChI is InChI=1S/C19H25N5O3/c1-4-20-19(26)17-7-15(10-24(17)11-16-6-5-12(2)27-16)23-18(25)14-8-21-13(3)22-9-14/h5-6,8-9,15,17H,4,7,10-11H2,1-3H3,(H,20,26)(H,23,25)/t15-,17-/m0/s1. The summed E-state index contributed by atoms with van der Waals surface area (Å²) in [4.78, 5) is 35.1. The number of carbonyl (C=O) groups is 2. The highest BCUT2D eigenvalue weighted by molar-refractivity contribution is 5.94. The van der Waals surface area contributed by atoms with E-state index in [-0.39, 0.29) is 23.9 Å². The molecule has 0 aliphatic carbocycles. The van der Waals surface area contributed by atoms with Crippen LogP contribution in [0.3, 0.4) is 0 Å². The summed E-state index contributed by atoms with van der Waals surface area (Å²) in [5.41, 5.74) is 0.412. The van der Waals surface area contributed by atoms with Crippen molar-refractivity contribution < 1.29 is 14.0 Å². The van der Waals surface area contributed by atoms with Crippen LogP contribution in [0.5, 0.6) is 0 Å². The Balaban J connectivity index is 1.68. The van der Waals surface area contributed by atoms with Crippen LogP contribution < -0.4 is 10.6 Å². The molecular weight excluding hydrogens is 346 g/mol. The first-order chi connectivity index (χ1) is 13.0. The Morgan fingerprint density at radius 1 is 1.26 bits per heavy atom. The summed E-state index contributed by atoms with van der Waals surface area (Å²) >= 11 is 0. The molecule has 3 rings (SSSR count). The van der Waals surface area contributed by atoms with Gasteiger partial charge in [-0.05, 0) is 39.3 Å². The molecule has 3 heterocycles. The number of likely N-dealkylation sites (N-methyl/N-ethyl adjacent to an activating group) is 1.